The van der Waals surface area contributed by atoms with E-state index in [1.165, 1.54) is 11.1 Å². The molecule has 0 saturated heterocycles. The molecular weight excluding hydrogens is 296 g/mol. The summed E-state index contributed by atoms with van der Waals surface area (Å²) in [7, 11) is 1.64. The SMILES string of the molecule is COc1cccc2c(Cl)cc(NCc3ccc(C)cc3)nc12. The van der Waals surface area contributed by atoms with Crippen LogP contribution in [0.2, 0.25) is 5.02 Å². The highest BCUT2D eigenvalue weighted by molar-refractivity contribution is 6.35. The molecule has 3 aromatic rings. The van der Waals surface area contributed by atoms with Crippen molar-refractivity contribution in [2.24, 2.45) is 0 Å². The Morgan fingerprint density at radius 1 is 1.14 bits per heavy atom. The van der Waals surface area contributed by atoms with E-state index in [1.54, 1.807) is 7.11 Å². The first-order chi connectivity index (χ1) is 10.7. The number of benzene rings is 2. The maximum Gasteiger partial charge on any atom is 0.145 e. The number of nitrogens with zero attached hydrogens (tertiary/aromatic N) is 1. The standard InChI is InChI=1S/C18H17ClN2O/c1-12-6-8-13(9-7-12)11-20-17-10-15(19)14-4-3-5-16(22-2)18(14)21-17/h3-10H,11H2,1-2H3,(H,20,21). The van der Waals surface area contributed by atoms with E-state index in [-0.39, 0.29) is 0 Å². The van der Waals surface area contributed by atoms with Crippen LogP contribution in [0.25, 0.3) is 10.9 Å². The average molecular weight is 313 g/mol. The lowest BCUT2D eigenvalue weighted by molar-refractivity contribution is 0.419. The van der Waals surface area contributed by atoms with E-state index in [1.807, 2.05) is 24.3 Å². The molecule has 4 heteroatoms. The van der Waals surface area contributed by atoms with Crippen LogP contribution in [0.1, 0.15) is 11.1 Å². The Morgan fingerprint density at radius 2 is 1.91 bits per heavy atom. The third-order valence-electron chi connectivity index (χ3n) is 3.57. The Balaban J connectivity index is 1.89. The molecule has 0 unspecified atom stereocenters. The molecule has 0 radical (unpaired) electrons. The lowest BCUT2D eigenvalue weighted by Crippen LogP contribution is -2.02. The molecule has 3 rings (SSSR count). The molecule has 112 valence electrons. The molecule has 0 atom stereocenters. The first kappa shape index (κ1) is 14.7. The second-order valence-corrected chi connectivity index (χ2v) is 5.59. The normalized spacial score (nSPS) is 10.7. The number of pyridine rings is 1. The maximum absolute atomic E-state index is 6.36. The lowest BCUT2D eigenvalue weighted by atomic mass is 10.1. The number of para-hydroxylation sites is 1. The van der Waals surface area contributed by atoms with Gasteiger partial charge in [-0.2, -0.15) is 0 Å². The summed E-state index contributed by atoms with van der Waals surface area (Å²) in [5.74, 6) is 1.46. The molecule has 0 bridgehead atoms. The van der Waals surface area contributed by atoms with Gasteiger partial charge in [0, 0.05) is 11.9 Å². The number of anilines is 1. The maximum atomic E-state index is 6.36. The van der Waals surface area contributed by atoms with E-state index in [4.69, 9.17) is 16.3 Å². The molecule has 0 saturated carbocycles. The number of aromatic nitrogens is 1. The van der Waals surface area contributed by atoms with Crippen molar-refractivity contribution in [2.75, 3.05) is 12.4 Å². The van der Waals surface area contributed by atoms with Gasteiger partial charge in [-0.1, -0.05) is 53.6 Å². The number of hydrogen-bond donors (Lipinski definition) is 1. The topological polar surface area (TPSA) is 34.1 Å². The summed E-state index contributed by atoms with van der Waals surface area (Å²) in [5.41, 5.74) is 3.22. The fraction of sp³-hybridized carbons (Fsp3) is 0.167. The predicted octanol–water partition coefficient (Wildman–Crippen LogP) is 4.82. The van der Waals surface area contributed by atoms with Crippen molar-refractivity contribution in [1.29, 1.82) is 0 Å². The number of methoxy groups -OCH3 is 1. The Bertz CT molecular complexity index is 800. The van der Waals surface area contributed by atoms with E-state index < -0.39 is 0 Å². The van der Waals surface area contributed by atoms with Crippen molar-refractivity contribution in [3.8, 4) is 5.75 Å². The third kappa shape index (κ3) is 3.00. The second-order valence-electron chi connectivity index (χ2n) is 5.18. The van der Waals surface area contributed by atoms with Gasteiger partial charge in [0.25, 0.3) is 0 Å². The molecule has 0 aliphatic carbocycles. The highest BCUT2D eigenvalue weighted by Gasteiger charge is 2.08. The van der Waals surface area contributed by atoms with Gasteiger partial charge in [-0.05, 0) is 24.6 Å². The minimum Gasteiger partial charge on any atom is -0.494 e. The van der Waals surface area contributed by atoms with Gasteiger partial charge in [-0.15, -0.1) is 0 Å². The summed E-state index contributed by atoms with van der Waals surface area (Å²) in [5, 5.41) is 4.87. The van der Waals surface area contributed by atoms with Crippen molar-refractivity contribution < 1.29 is 4.74 Å². The van der Waals surface area contributed by atoms with Crippen molar-refractivity contribution >= 4 is 28.3 Å². The Morgan fingerprint density at radius 3 is 2.64 bits per heavy atom. The largest absolute Gasteiger partial charge is 0.494 e. The minimum absolute atomic E-state index is 0.662. The summed E-state index contributed by atoms with van der Waals surface area (Å²) in [6.07, 6.45) is 0. The lowest BCUT2D eigenvalue weighted by Gasteiger charge is -2.10. The molecule has 1 heterocycles. The number of halogens is 1. The van der Waals surface area contributed by atoms with E-state index in [0.717, 1.165) is 22.5 Å². The number of nitrogens with one attached hydrogen (secondary N) is 1. The van der Waals surface area contributed by atoms with Crippen LogP contribution in [0.4, 0.5) is 5.82 Å². The van der Waals surface area contributed by atoms with Crippen molar-refractivity contribution in [2.45, 2.75) is 13.5 Å². The van der Waals surface area contributed by atoms with Gasteiger partial charge < -0.3 is 10.1 Å². The summed E-state index contributed by atoms with van der Waals surface area (Å²) in [6, 6.07) is 16.0. The monoisotopic (exact) mass is 312 g/mol. The van der Waals surface area contributed by atoms with Crippen LogP contribution in [-0.2, 0) is 6.54 Å². The first-order valence-corrected chi connectivity index (χ1v) is 7.48. The summed E-state index contributed by atoms with van der Waals surface area (Å²) in [4.78, 5) is 4.62. The van der Waals surface area contributed by atoms with Crippen molar-refractivity contribution in [3.63, 3.8) is 0 Å². The van der Waals surface area contributed by atoms with Crippen LogP contribution in [-0.4, -0.2) is 12.1 Å². The highest BCUT2D eigenvalue weighted by atomic mass is 35.5. The van der Waals surface area contributed by atoms with Gasteiger partial charge >= 0.3 is 0 Å². The van der Waals surface area contributed by atoms with Crippen LogP contribution in [0.15, 0.2) is 48.5 Å². The molecule has 0 aliphatic heterocycles. The Labute approximate surface area is 134 Å². The van der Waals surface area contributed by atoms with Gasteiger partial charge in [-0.3, -0.25) is 0 Å². The first-order valence-electron chi connectivity index (χ1n) is 7.10. The molecule has 1 aromatic heterocycles. The minimum atomic E-state index is 0.662. The van der Waals surface area contributed by atoms with Crippen molar-refractivity contribution in [3.05, 3.63) is 64.7 Å². The summed E-state index contributed by atoms with van der Waals surface area (Å²) < 4.78 is 5.36. The molecule has 0 fully saturated rings. The molecule has 3 nitrogen and oxygen atoms in total. The zero-order chi connectivity index (χ0) is 15.5. The van der Waals surface area contributed by atoms with Crippen LogP contribution >= 0.6 is 11.6 Å². The van der Waals surface area contributed by atoms with E-state index in [9.17, 15) is 0 Å². The van der Waals surface area contributed by atoms with E-state index >= 15 is 0 Å². The van der Waals surface area contributed by atoms with Crippen LogP contribution in [0.5, 0.6) is 5.75 Å². The van der Waals surface area contributed by atoms with Gasteiger partial charge in [0.1, 0.15) is 17.1 Å². The molecule has 2 aromatic carbocycles. The Kier molecular flexibility index (Phi) is 4.16. The fourth-order valence-electron chi connectivity index (χ4n) is 2.33. The molecule has 0 amide bonds. The smallest absolute Gasteiger partial charge is 0.145 e. The van der Waals surface area contributed by atoms with Gasteiger partial charge in [0.05, 0.1) is 12.1 Å². The second kappa shape index (κ2) is 6.24. The number of rotatable bonds is 4. The van der Waals surface area contributed by atoms with Crippen LogP contribution in [0.3, 0.4) is 0 Å². The highest BCUT2D eigenvalue weighted by Crippen LogP contribution is 2.31. The van der Waals surface area contributed by atoms with Crippen molar-refractivity contribution in [1.82, 2.24) is 4.98 Å². The number of ether oxygens (including phenoxy) is 1. The van der Waals surface area contributed by atoms with Gasteiger partial charge in [0.15, 0.2) is 0 Å². The predicted molar refractivity (Wildman–Crippen MR) is 91.8 cm³/mol. The third-order valence-corrected chi connectivity index (χ3v) is 3.88. The molecule has 1 N–H and O–H groups in total. The van der Waals surface area contributed by atoms with Crippen LogP contribution in [0, 0.1) is 6.92 Å². The molecule has 22 heavy (non-hydrogen) atoms. The summed E-state index contributed by atoms with van der Waals surface area (Å²) >= 11 is 6.36. The Hall–Kier alpha value is -2.26. The number of aryl methyl sites for hydroxylation is 1. The number of fused-ring (bicyclic) bond motifs is 1. The van der Waals surface area contributed by atoms with Crippen LogP contribution < -0.4 is 10.1 Å². The van der Waals surface area contributed by atoms with Gasteiger partial charge in [-0.25, -0.2) is 4.98 Å². The zero-order valence-corrected chi connectivity index (χ0v) is 13.3. The molecule has 0 spiro atoms. The quantitative estimate of drug-likeness (QED) is 0.750. The van der Waals surface area contributed by atoms with E-state index in [0.29, 0.717) is 11.6 Å². The zero-order valence-electron chi connectivity index (χ0n) is 12.6. The molecule has 0 aliphatic rings. The molecular formula is C18H17ClN2O. The fourth-order valence-corrected chi connectivity index (χ4v) is 2.59. The number of hydrogen-bond acceptors (Lipinski definition) is 3. The summed E-state index contributed by atoms with van der Waals surface area (Å²) in [6.45, 7) is 2.78. The van der Waals surface area contributed by atoms with E-state index in [2.05, 4.69) is 41.5 Å². The van der Waals surface area contributed by atoms with Gasteiger partial charge in [0.2, 0.25) is 0 Å². The average Bonchev–Trinajstić information content (AvgIpc) is 2.54.